The molecule has 0 aliphatic rings. The van der Waals surface area contributed by atoms with E-state index < -0.39 is 0 Å². The lowest BCUT2D eigenvalue weighted by atomic mass is 10.1. The quantitative estimate of drug-likeness (QED) is 0.678. The molecule has 2 heteroatoms. The fourth-order valence-electron chi connectivity index (χ4n) is 1.01. The molecule has 0 aromatic heterocycles. The molecule has 11 heavy (non-hydrogen) atoms. The molecule has 0 spiro atoms. The van der Waals surface area contributed by atoms with Crippen molar-refractivity contribution >= 4 is 0 Å². The summed E-state index contributed by atoms with van der Waals surface area (Å²) in [5.41, 5.74) is 6.83. The smallest absolute Gasteiger partial charge is 0.0449 e. The summed E-state index contributed by atoms with van der Waals surface area (Å²) in [7, 11) is 0. The summed E-state index contributed by atoms with van der Waals surface area (Å²) < 4.78 is 0. The number of rotatable bonds is 3. The van der Waals surface area contributed by atoms with Gasteiger partial charge in [0.1, 0.15) is 0 Å². The Balaban J connectivity index is 2.61. The lowest BCUT2D eigenvalue weighted by Gasteiger charge is -2.08. The monoisotopic (exact) mass is 151 g/mol. The zero-order chi connectivity index (χ0) is 8.10. The van der Waals surface area contributed by atoms with E-state index in [0.717, 1.165) is 5.56 Å². The maximum Gasteiger partial charge on any atom is 0.0449 e. The minimum atomic E-state index is -0.0267. The largest absolute Gasteiger partial charge is 0.396 e. The Morgan fingerprint density at radius 1 is 1.27 bits per heavy atom. The fourth-order valence-corrected chi connectivity index (χ4v) is 1.01. The van der Waals surface area contributed by atoms with Crippen molar-refractivity contribution in [1.82, 2.24) is 0 Å². The molecule has 1 atom stereocenters. The Morgan fingerprint density at radius 3 is 2.45 bits per heavy atom. The van der Waals surface area contributed by atoms with Gasteiger partial charge in [-0.25, -0.2) is 0 Å². The zero-order valence-electron chi connectivity index (χ0n) is 6.40. The van der Waals surface area contributed by atoms with Crippen molar-refractivity contribution in [3.8, 4) is 0 Å². The molecule has 0 aliphatic carbocycles. The van der Waals surface area contributed by atoms with Crippen LogP contribution in [0.3, 0.4) is 0 Å². The van der Waals surface area contributed by atoms with Gasteiger partial charge in [-0.3, -0.25) is 0 Å². The predicted octanol–water partition coefficient (Wildman–Crippen LogP) is 1.07. The highest BCUT2D eigenvalue weighted by molar-refractivity contribution is 5.18. The molecular weight excluding hydrogens is 138 g/mol. The van der Waals surface area contributed by atoms with Gasteiger partial charge in [0, 0.05) is 12.6 Å². The van der Waals surface area contributed by atoms with Crippen LogP contribution in [0.15, 0.2) is 30.3 Å². The highest BCUT2D eigenvalue weighted by atomic mass is 16.3. The number of hydrogen-bond donors (Lipinski definition) is 2. The first-order chi connectivity index (χ1) is 5.34. The lowest BCUT2D eigenvalue weighted by Crippen LogP contribution is -2.11. The third-order valence-electron chi connectivity index (χ3n) is 1.67. The number of aliphatic hydroxyl groups excluding tert-OH is 1. The summed E-state index contributed by atoms with van der Waals surface area (Å²) >= 11 is 0. The van der Waals surface area contributed by atoms with Gasteiger partial charge >= 0.3 is 0 Å². The predicted molar refractivity (Wildman–Crippen MR) is 45.1 cm³/mol. The average molecular weight is 151 g/mol. The van der Waals surface area contributed by atoms with Gasteiger partial charge in [-0.2, -0.15) is 0 Å². The molecule has 1 rings (SSSR count). The summed E-state index contributed by atoms with van der Waals surface area (Å²) in [6.07, 6.45) is 0.629. The molecule has 60 valence electrons. The van der Waals surface area contributed by atoms with Crippen molar-refractivity contribution in [3.05, 3.63) is 35.9 Å². The van der Waals surface area contributed by atoms with E-state index in [0.29, 0.717) is 6.42 Å². The minimum Gasteiger partial charge on any atom is -0.396 e. The molecule has 0 radical (unpaired) electrons. The van der Waals surface area contributed by atoms with Crippen LogP contribution in [-0.4, -0.2) is 11.7 Å². The van der Waals surface area contributed by atoms with Gasteiger partial charge in [-0.1, -0.05) is 30.3 Å². The van der Waals surface area contributed by atoms with Crippen molar-refractivity contribution in [1.29, 1.82) is 0 Å². The van der Waals surface area contributed by atoms with Crippen LogP contribution < -0.4 is 5.73 Å². The number of benzene rings is 1. The third-order valence-corrected chi connectivity index (χ3v) is 1.67. The van der Waals surface area contributed by atoms with E-state index in [1.165, 1.54) is 0 Å². The maximum absolute atomic E-state index is 8.62. The zero-order valence-corrected chi connectivity index (χ0v) is 6.40. The van der Waals surface area contributed by atoms with E-state index in [1.54, 1.807) is 0 Å². The molecule has 2 nitrogen and oxygen atoms in total. The highest BCUT2D eigenvalue weighted by Crippen LogP contribution is 2.11. The van der Waals surface area contributed by atoms with Gasteiger partial charge in [0.05, 0.1) is 0 Å². The van der Waals surface area contributed by atoms with E-state index in [4.69, 9.17) is 10.8 Å². The summed E-state index contributed by atoms with van der Waals surface area (Å²) in [6, 6.07) is 9.77. The normalized spacial score (nSPS) is 12.9. The minimum absolute atomic E-state index is 0.0267. The van der Waals surface area contributed by atoms with E-state index in [2.05, 4.69) is 0 Å². The van der Waals surface area contributed by atoms with Crippen molar-refractivity contribution in [3.63, 3.8) is 0 Å². The Labute approximate surface area is 66.7 Å². The van der Waals surface area contributed by atoms with Gasteiger partial charge < -0.3 is 10.8 Å². The summed E-state index contributed by atoms with van der Waals surface area (Å²) in [5.74, 6) is 0. The first-order valence-electron chi connectivity index (χ1n) is 3.76. The van der Waals surface area contributed by atoms with Gasteiger partial charge in [0.15, 0.2) is 0 Å². The van der Waals surface area contributed by atoms with Crippen LogP contribution >= 0.6 is 0 Å². The first kappa shape index (κ1) is 8.24. The second-order valence-corrected chi connectivity index (χ2v) is 2.53. The van der Waals surface area contributed by atoms with E-state index >= 15 is 0 Å². The van der Waals surface area contributed by atoms with Crippen molar-refractivity contribution in [2.75, 3.05) is 6.61 Å². The molecule has 0 fully saturated rings. The van der Waals surface area contributed by atoms with Gasteiger partial charge in [0.2, 0.25) is 0 Å². The van der Waals surface area contributed by atoms with Crippen LogP contribution in [0.2, 0.25) is 0 Å². The number of hydrogen-bond acceptors (Lipinski definition) is 2. The molecule has 0 unspecified atom stereocenters. The Hall–Kier alpha value is -0.860. The van der Waals surface area contributed by atoms with Crippen LogP contribution in [0.4, 0.5) is 0 Å². The summed E-state index contributed by atoms with van der Waals surface area (Å²) in [5, 5.41) is 8.62. The van der Waals surface area contributed by atoms with Crippen molar-refractivity contribution < 1.29 is 5.11 Å². The second kappa shape index (κ2) is 4.11. The maximum atomic E-state index is 8.62. The van der Waals surface area contributed by atoms with E-state index in [9.17, 15) is 0 Å². The summed E-state index contributed by atoms with van der Waals surface area (Å²) in [4.78, 5) is 0. The Morgan fingerprint density at radius 2 is 1.91 bits per heavy atom. The Kier molecular flexibility index (Phi) is 3.08. The lowest BCUT2D eigenvalue weighted by molar-refractivity contribution is 0.276. The Bertz CT molecular complexity index is 198. The van der Waals surface area contributed by atoms with Crippen LogP contribution in [0.1, 0.15) is 18.0 Å². The van der Waals surface area contributed by atoms with E-state index in [1.807, 2.05) is 30.3 Å². The number of aliphatic hydroxyl groups is 1. The fraction of sp³-hybridized carbons (Fsp3) is 0.333. The van der Waals surface area contributed by atoms with Crippen LogP contribution in [0, 0.1) is 0 Å². The standard InChI is InChI=1S/C9H13NO/c10-9(6-7-11)8-4-2-1-3-5-8/h1-5,9,11H,6-7,10H2/t9-/m1/s1. The molecule has 0 heterocycles. The van der Waals surface area contributed by atoms with Gasteiger partial charge in [-0.05, 0) is 12.0 Å². The average Bonchev–Trinajstić information content (AvgIpc) is 2.07. The molecule has 0 bridgehead atoms. The van der Waals surface area contributed by atoms with E-state index in [-0.39, 0.29) is 12.6 Å². The molecule has 0 aliphatic heterocycles. The second-order valence-electron chi connectivity index (χ2n) is 2.53. The molecule has 0 saturated carbocycles. The number of nitrogens with two attached hydrogens (primary N) is 1. The molecule has 1 aromatic carbocycles. The topological polar surface area (TPSA) is 46.2 Å². The SMILES string of the molecule is N[C@H](CCO)c1ccccc1. The third kappa shape index (κ3) is 2.33. The van der Waals surface area contributed by atoms with Crippen LogP contribution in [-0.2, 0) is 0 Å². The highest BCUT2D eigenvalue weighted by Gasteiger charge is 2.02. The first-order valence-corrected chi connectivity index (χ1v) is 3.76. The summed E-state index contributed by atoms with van der Waals surface area (Å²) in [6.45, 7) is 0.149. The molecular formula is C9H13NO. The molecule has 3 N–H and O–H groups in total. The van der Waals surface area contributed by atoms with Crippen LogP contribution in [0.5, 0.6) is 0 Å². The molecule has 1 aromatic rings. The van der Waals surface area contributed by atoms with Crippen molar-refractivity contribution in [2.45, 2.75) is 12.5 Å². The van der Waals surface area contributed by atoms with Crippen molar-refractivity contribution in [2.24, 2.45) is 5.73 Å². The van der Waals surface area contributed by atoms with Gasteiger partial charge in [-0.15, -0.1) is 0 Å². The molecule has 0 amide bonds. The van der Waals surface area contributed by atoms with Crippen LogP contribution in [0.25, 0.3) is 0 Å². The van der Waals surface area contributed by atoms with Gasteiger partial charge in [0.25, 0.3) is 0 Å². The molecule has 0 saturated heterocycles.